The Labute approximate surface area is 95.4 Å². The highest BCUT2D eigenvalue weighted by Gasteiger charge is 2.54. The molecule has 16 heavy (non-hydrogen) atoms. The molecule has 0 amide bonds. The third-order valence-corrected chi connectivity index (χ3v) is 4.69. The Morgan fingerprint density at radius 3 is 2.50 bits per heavy atom. The zero-order valence-electron chi connectivity index (χ0n) is 9.59. The van der Waals surface area contributed by atoms with Gasteiger partial charge in [-0.05, 0) is 38.3 Å². The SMILES string of the molecule is FC1(F)CCC2CN(C3CCNCC3)CC21. The van der Waals surface area contributed by atoms with Crippen molar-refractivity contribution in [2.45, 2.75) is 37.6 Å². The predicted octanol–water partition coefficient (Wildman–Crippen LogP) is 1.72. The van der Waals surface area contributed by atoms with Gasteiger partial charge in [0.2, 0.25) is 0 Å². The van der Waals surface area contributed by atoms with Crippen molar-refractivity contribution in [3.8, 4) is 0 Å². The van der Waals surface area contributed by atoms with Crippen molar-refractivity contribution in [3.63, 3.8) is 0 Å². The molecule has 92 valence electrons. The average molecular weight is 230 g/mol. The van der Waals surface area contributed by atoms with Crippen molar-refractivity contribution in [3.05, 3.63) is 0 Å². The second-order valence-corrected chi connectivity index (χ2v) is 5.60. The lowest BCUT2D eigenvalue weighted by Crippen LogP contribution is -2.43. The lowest BCUT2D eigenvalue weighted by Gasteiger charge is -2.32. The molecule has 0 aromatic heterocycles. The van der Waals surface area contributed by atoms with Crippen LogP contribution in [0.5, 0.6) is 0 Å². The molecule has 2 saturated heterocycles. The number of piperidine rings is 1. The van der Waals surface area contributed by atoms with E-state index in [9.17, 15) is 8.78 Å². The summed E-state index contributed by atoms with van der Waals surface area (Å²) < 4.78 is 27.2. The van der Waals surface area contributed by atoms with Crippen LogP contribution in [-0.4, -0.2) is 43.0 Å². The first kappa shape index (κ1) is 10.9. The van der Waals surface area contributed by atoms with E-state index in [2.05, 4.69) is 10.2 Å². The summed E-state index contributed by atoms with van der Waals surface area (Å²) in [6.45, 7) is 3.66. The molecule has 2 heterocycles. The second-order valence-electron chi connectivity index (χ2n) is 5.60. The summed E-state index contributed by atoms with van der Waals surface area (Å²) >= 11 is 0. The fourth-order valence-electron chi connectivity index (χ4n) is 3.71. The van der Waals surface area contributed by atoms with Gasteiger partial charge in [0, 0.05) is 31.5 Å². The van der Waals surface area contributed by atoms with Gasteiger partial charge in [-0.3, -0.25) is 4.90 Å². The maximum absolute atomic E-state index is 13.6. The van der Waals surface area contributed by atoms with E-state index in [0.717, 1.165) is 38.9 Å². The molecule has 2 nitrogen and oxygen atoms in total. The fraction of sp³-hybridized carbons (Fsp3) is 1.00. The summed E-state index contributed by atoms with van der Waals surface area (Å²) in [7, 11) is 0. The van der Waals surface area contributed by atoms with Crippen LogP contribution in [0.4, 0.5) is 8.78 Å². The average Bonchev–Trinajstić information content (AvgIpc) is 2.82. The number of alkyl halides is 2. The maximum atomic E-state index is 13.6. The van der Waals surface area contributed by atoms with Gasteiger partial charge in [0.1, 0.15) is 0 Å². The van der Waals surface area contributed by atoms with Crippen LogP contribution >= 0.6 is 0 Å². The molecule has 3 rings (SSSR count). The molecule has 3 aliphatic rings. The van der Waals surface area contributed by atoms with Crippen molar-refractivity contribution in [1.29, 1.82) is 0 Å². The van der Waals surface area contributed by atoms with Gasteiger partial charge in [0.15, 0.2) is 0 Å². The quantitative estimate of drug-likeness (QED) is 0.738. The van der Waals surface area contributed by atoms with Crippen molar-refractivity contribution < 1.29 is 8.78 Å². The normalized spacial score (nSPS) is 40.1. The van der Waals surface area contributed by atoms with Crippen LogP contribution in [0.25, 0.3) is 0 Å². The van der Waals surface area contributed by atoms with Gasteiger partial charge in [-0.2, -0.15) is 0 Å². The summed E-state index contributed by atoms with van der Waals surface area (Å²) in [6.07, 6.45) is 3.12. The fourth-order valence-corrected chi connectivity index (χ4v) is 3.71. The highest BCUT2D eigenvalue weighted by molar-refractivity contribution is 4.99. The first-order valence-electron chi connectivity index (χ1n) is 6.49. The van der Waals surface area contributed by atoms with Crippen molar-refractivity contribution >= 4 is 0 Å². The molecule has 1 N–H and O–H groups in total. The Balaban J connectivity index is 1.64. The Kier molecular flexibility index (Phi) is 2.67. The van der Waals surface area contributed by atoms with Crippen LogP contribution < -0.4 is 5.32 Å². The van der Waals surface area contributed by atoms with Gasteiger partial charge in [0.25, 0.3) is 5.92 Å². The smallest absolute Gasteiger partial charge is 0.252 e. The zero-order chi connectivity index (χ0) is 11.2. The number of halogens is 2. The Hall–Kier alpha value is -0.220. The minimum Gasteiger partial charge on any atom is -0.317 e. The van der Waals surface area contributed by atoms with Gasteiger partial charge in [-0.25, -0.2) is 8.78 Å². The molecule has 3 fully saturated rings. The lowest BCUT2D eigenvalue weighted by molar-refractivity contribution is -0.0415. The Bertz CT molecular complexity index is 264. The van der Waals surface area contributed by atoms with Gasteiger partial charge < -0.3 is 5.32 Å². The molecular weight excluding hydrogens is 210 g/mol. The van der Waals surface area contributed by atoms with E-state index in [1.165, 1.54) is 0 Å². The third-order valence-electron chi connectivity index (χ3n) is 4.69. The van der Waals surface area contributed by atoms with Crippen LogP contribution in [-0.2, 0) is 0 Å². The molecule has 2 atom stereocenters. The number of rotatable bonds is 1. The first-order valence-corrected chi connectivity index (χ1v) is 6.49. The summed E-state index contributed by atoms with van der Waals surface area (Å²) in [5.74, 6) is -2.46. The Morgan fingerprint density at radius 1 is 1.06 bits per heavy atom. The third kappa shape index (κ3) is 1.76. The van der Waals surface area contributed by atoms with Crippen LogP contribution in [0.3, 0.4) is 0 Å². The molecular formula is C12H20F2N2. The molecule has 4 heteroatoms. The van der Waals surface area contributed by atoms with E-state index >= 15 is 0 Å². The van der Waals surface area contributed by atoms with E-state index in [-0.39, 0.29) is 18.3 Å². The minimum absolute atomic E-state index is 0.127. The molecule has 0 aromatic carbocycles. The molecule has 2 unspecified atom stereocenters. The van der Waals surface area contributed by atoms with E-state index in [4.69, 9.17) is 0 Å². The standard InChI is InChI=1S/C12H20F2N2/c13-12(14)4-1-9-7-16(8-11(9)12)10-2-5-15-6-3-10/h9-11,15H,1-8H2. The van der Waals surface area contributed by atoms with Crippen LogP contribution in [0.15, 0.2) is 0 Å². The molecule has 0 spiro atoms. The summed E-state index contributed by atoms with van der Waals surface area (Å²) in [4.78, 5) is 2.34. The number of nitrogens with one attached hydrogen (secondary N) is 1. The largest absolute Gasteiger partial charge is 0.317 e. The van der Waals surface area contributed by atoms with Crippen molar-refractivity contribution in [1.82, 2.24) is 10.2 Å². The minimum atomic E-state index is -2.38. The number of fused-ring (bicyclic) bond motifs is 1. The lowest BCUT2D eigenvalue weighted by atomic mass is 9.99. The molecule has 0 bridgehead atoms. The zero-order valence-corrected chi connectivity index (χ0v) is 9.59. The van der Waals surface area contributed by atoms with E-state index in [1.54, 1.807) is 0 Å². The highest BCUT2D eigenvalue weighted by atomic mass is 19.3. The van der Waals surface area contributed by atoms with Crippen LogP contribution in [0.2, 0.25) is 0 Å². The molecule has 1 aliphatic carbocycles. The Morgan fingerprint density at radius 2 is 1.81 bits per heavy atom. The van der Waals surface area contributed by atoms with Gasteiger partial charge in [-0.15, -0.1) is 0 Å². The number of hydrogen-bond donors (Lipinski definition) is 1. The summed E-state index contributed by atoms with van der Waals surface area (Å²) in [5.41, 5.74) is 0. The second kappa shape index (κ2) is 3.91. The molecule has 2 aliphatic heterocycles. The summed E-state index contributed by atoms with van der Waals surface area (Å²) in [5, 5.41) is 3.33. The monoisotopic (exact) mass is 230 g/mol. The van der Waals surface area contributed by atoms with Crippen LogP contribution in [0, 0.1) is 11.8 Å². The van der Waals surface area contributed by atoms with Crippen molar-refractivity contribution in [2.24, 2.45) is 11.8 Å². The summed E-state index contributed by atoms with van der Waals surface area (Å²) in [6, 6.07) is 0.558. The van der Waals surface area contributed by atoms with E-state index < -0.39 is 5.92 Å². The van der Waals surface area contributed by atoms with Crippen molar-refractivity contribution in [2.75, 3.05) is 26.2 Å². The molecule has 1 saturated carbocycles. The van der Waals surface area contributed by atoms with E-state index in [0.29, 0.717) is 12.6 Å². The van der Waals surface area contributed by atoms with Gasteiger partial charge in [0.05, 0.1) is 0 Å². The van der Waals surface area contributed by atoms with E-state index in [1.807, 2.05) is 0 Å². The number of hydrogen-bond acceptors (Lipinski definition) is 2. The first-order chi connectivity index (χ1) is 7.67. The molecule has 0 aromatic rings. The maximum Gasteiger partial charge on any atom is 0.252 e. The number of nitrogens with zero attached hydrogens (tertiary/aromatic N) is 1. The molecule has 0 radical (unpaired) electrons. The topological polar surface area (TPSA) is 15.3 Å². The van der Waals surface area contributed by atoms with Gasteiger partial charge >= 0.3 is 0 Å². The predicted molar refractivity (Wildman–Crippen MR) is 58.6 cm³/mol. The highest BCUT2D eigenvalue weighted by Crippen LogP contribution is 2.48. The van der Waals surface area contributed by atoms with Gasteiger partial charge in [-0.1, -0.05) is 0 Å². The van der Waals surface area contributed by atoms with Crippen LogP contribution in [0.1, 0.15) is 25.7 Å². The number of likely N-dealkylation sites (tertiary alicyclic amines) is 1.